The molecule has 3 aromatic rings. The molecule has 13 heteroatoms. The second kappa shape index (κ2) is 14.0. The number of ether oxygens (including phenoxy) is 2. The summed E-state index contributed by atoms with van der Waals surface area (Å²) in [6.07, 6.45) is -0.680. The van der Waals surface area contributed by atoms with E-state index in [1.165, 1.54) is 17.0 Å². The topological polar surface area (TPSA) is 138 Å². The maximum Gasteiger partial charge on any atom is 0.321 e. The lowest BCUT2D eigenvalue weighted by Gasteiger charge is -2.34. The maximum atomic E-state index is 13.5. The molecule has 3 amide bonds. The maximum absolute atomic E-state index is 13.5. The number of likely N-dealkylation sites (N-methyl/N-ethyl adjacent to an activating group) is 1. The van der Waals surface area contributed by atoms with E-state index >= 15 is 0 Å². The van der Waals surface area contributed by atoms with Gasteiger partial charge in [-0.05, 0) is 73.7 Å². The molecule has 3 N–H and O–H groups in total. The van der Waals surface area contributed by atoms with Gasteiger partial charge in [0.1, 0.15) is 23.4 Å². The lowest BCUT2D eigenvalue weighted by Crippen LogP contribution is -2.48. The SMILES string of the molecule is COc1ccc(NC(=O)N(C)C[C@H]2Oc3ccc(NS(=O)(=O)c4ccc(F)cc4)cc3CC(=O)N([C@@H](C)CO)C[C@@H]2C)cc1. The summed E-state index contributed by atoms with van der Waals surface area (Å²) in [7, 11) is -0.850. The summed E-state index contributed by atoms with van der Waals surface area (Å²) in [6.45, 7) is 3.81. The first-order chi connectivity index (χ1) is 20.9. The molecule has 11 nitrogen and oxygen atoms in total. The van der Waals surface area contributed by atoms with E-state index in [1.54, 1.807) is 56.3 Å². The van der Waals surface area contributed by atoms with Crippen molar-refractivity contribution in [3.8, 4) is 11.5 Å². The number of methoxy groups -OCH3 is 1. The number of nitrogens with one attached hydrogen (secondary N) is 2. The van der Waals surface area contributed by atoms with Crippen LogP contribution in [0, 0.1) is 11.7 Å². The number of amides is 3. The van der Waals surface area contributed by atoms with Crippen molar-refractivity contribution in [2.75, 3.05) is 43.9 Å². The third-order valence-electron chi connectivity index (χ3n) is 7.43. The molecule has 3 atom stereocenters. The van der Waals surface area contributed by atoms with E-state index in [1.807, 2.05) is 6.92 Å². The zero-order chi connectivity index (χ0) is 32.0. The number of carbonyl (C=O) groups excluding carboxylic acids is 2. The first-order valence-electron chi connectivity index (χ1n) is 14.0. The number of nitrogens with zero attached hydrogens (tertiary/aromatic N) is 2. The van der Waals surface area contributed by atoms with Crippen LogP contribution in [0.4, 0.5) is 20.6 Å². The van der Waals surface area contributed by atoms with E-state index < -0.39 is 28.0 Å². The molecule has 1 aliphatic rings. The predicted molar refractivity (Wildman–Crippen MR) is 164 cm³/mol. The summed E-state index contributed by atoms with van der Waals surface area (Å²) in [6, 6.07) is 15.1. The van der Waals surface area contributed by atoms with Crippen LogP contribution in [0.15, 0.2) is 71.6 Å². The number of rotatable bonds is 9. The number of aliphatic hydroxyl groups is 1. The fraction of sp³-hybridized carbons (Fsp3) is 0.355. The number of aliphatic hydroxyl groups excluding tert-OH is 1. The van der Waals surface area contributed by atoms with Gasteiger partial charge in [0.2, 0.25) is 5.91 Å². The fourth-order valence-corrected chi connectivity index (χ4v) is 5.83. The van der Waals surface area contributed by atoms with Gasteiger partial charge in [-0.25, -0.2) is 17.6 Å². The number of sulfonamides is 1. The van der Waals surface area contributed by atoms with E-state index in [4.69, 9.17) is 9.47 Å². The van der Waals surface area contributed by atoms with Gasteiger partial charge in [-0.2, -0.15) is 0 Å². The van der Waals surface area contributed by atoms with Crippen LogP contribution in [0.25, 0.3) is 0 Å². The van der Waals surface area contributed by atoms with Crippen molar-refractivity contribution in [2.45, 2.75) is 37.3 Å². The van der Waals surface area contributed by atoms with Gasteiger partial charge in [-0.15, -0.1) is 0 Å². The van der Waals surface area contributed by atoms with Gasteiger partial charge in [0.05, 0.1) is 37.6 Å². The highest BCUT2D eigenvalue weighted by Gasteiger charge is 2.32. The van der Waals surface area contributed by atoms with Crippen LogP contribution in [0.3, 0.4) is 0 Å². The van der Waals surface area contributed by atoms with Gasteiger partial charge in [0.25, 0.3) is 10.0 Å². The minimum Gasteiger partial charge on any atom is -0.497 e. The molecule has 4 rings (SSSR count). The Morgan fingerprint density at radius 3 is 2.43 bits per heavy atom. The number of fused-ring (bicyclic) bond motifs is 1. The molecule has 0 saturated carbocycles. The summed E-state index contributed by atoms with van der Waals surface area (Å²) in [5.41, 5.74) is 1.19. The van der Waals surface area contributed by atoms with Crippen molar-refractivity contribution < 1.29 is 37.0 Å². The summed E-state index contributed by atoms with van der Waals surface area (Å²) >= 11 is 0. The van der Waals surface area contributed by atoms with Crippen LogP contribution in [-0.2, 0) is 21.2 Å². The molecule has 1 heterocycles. The van der Waals surface area contributed by atoms with Crippen LogP contribution in [-0.4, -0.2) is 81.3 Å². The van der Waals surface area contributed by atoms with Crippen molar-refractivity contribution in [1.29, 1.82) is 0 Å². The van der Waals surface area contributed by atoms with Crippen LogP contribution in [0.1, 0.15) is 19.4 Å². The molecule has 0 saturated heterocycles. The Bertz CT molecular complexity index is 1570. The quantitative estimate of drug-likeness (QED) is 0.326. The Balaban J connectivity index is 1.60. The minimum absolute atomic E-state index is 0.112. The number of anilines is 2. The predicted octanol–water partition coefficient (Wildman–Crippen LogP) is 3.95. The summed E-state index contributed by atoms with van der Waals surface area (Å²) in [5, 5.41) is 12.7. The number of hydrogen-bond donors (Lipinski definition) is 3. The molecule has 0 spiro atoms. The summed E-state index contributed by atoms with van der Waals surface area (Å²) in [5.74, 6) is -0.0706. The van der Waals surface area contributed by atoms with Crippen LogP contribution in [0.2, 0.25) is 0 Å². The normalized spacial score (nSPS) is 17.7. The molecular formula is C31H37FN4O7S. The smallest absolute Gasteiger partial charge is 0.321 e. The number of benzene rings is 3. The van der Waals surface area contributed by atoms with Gasteiger partial charge in [-0.1, -0.05) is 6.92 Å². The third-order valence-corrected chi connectivity index (χ3v) is 8.83. The van der Waals surface area contributed by atoms with Gasteiger partial charge in [0.15, 0.2) is 0 Å². The van der Waals surface area contributed by atoms with E-state index in [-0.39, 0.29) is 54.6 Å². The highest BCUT2D eigenvalue weighted by atomic mass is 32.2. The Morgan fingerprint density at radius 2 is 1.80 bits per heavy atom. The summed E-state index contributed by atoms with van der Waals surface area (Å²) in [4.78, 5) is 29.4. The second-order valence-corrected chi connectivity index (χ2v) is 12.5. The molecule has 0 bridgehead atoms. The first kappa shape index (κ1) is 32.6. The van der Waals surface area contributed by atoms with Crippen LogP contribution >= 0.6 is 0 Å². The largest absolute Gasteiger partial charge is 0.497 e. The minimum atomic E-state index is -4.04. The molecule has 44 heavy (non-hydrogen) atoms. The molecule has 1 aliphatic heterocycles. The third kappa shape index (κ3) is 7.97. The monoisotopic (exact) mass is 628 g/mol. The van der Waals surface area contributed by atoms with Gasteiger partial charge in [-0.3, -0.25) is 9.52 Å². The standard InChI is InChI=1S/C31H37FN4O7S/c1-20-17-36(21(2)19-37)30(38)16-22-15-25(34-44(40,41)27-12-5-23(32)6-13-27)9-14-28(22)43-29(20)18-35(3)31(39)33-24-7-10-26(42-4)11-8-24/h5-15,20-21,29,34,37H,16-19H2,1-4H3,(H,33,39)/t20-,21-,29+/m0/s1. The second-order valence-electron chi connectivity index (χ2n) is 10.8. The first-order valence-corrected chi connectivity index (χ1v) is 15.5. The van der Waals surface area contributed by atoms with Gasteiger partial charge < -0.3 is 29.7 Å². The lowest BCUT2D eigenvalue weighted by molar-refractivity contribution is -0.134. The van der Waals surface area contributed by atoms with Crippen LogP contribution < -0.4 is 19.5 Å². The van der Waals surface area contributed by atoms with Crippen molar-refractivity contribution >= 4 is 33.3 Å². The van der Waals surface area contributed by atoms with Gasteiger partial charge >= 0.3 is 6.03 Å². The molecular weight excluding hydrogens is 591 g/mol. The number of urea groups is 1. The average molecular weight is 629 g/mol. The molecule has 236 valence electrons. The van der Waals surface area contributed by atoms with Crippen molar-refractivity contribution in [3.05, 3.63) is 78.1 Å². The fourth-order valence-electron chi connectivity index (χ4n) is 4.78. The zero-order valence-electron chi connectivity index (χ0n) is 25.0. The van der Waals surface area contributed by atoms with E-state index in [9.17, 15) is 27.5 Å². The van der Waals surface area contributed by atoms with Crippen LogP contribution in [0.5, 0.6) is 11.5 Å². The Morgan fingerprint density at radius 1 is 1.14 bits per heavy atom. The zero-order valence-corrected chi connectivity index (χ0v) is 25.8. The highest BCUT2D eigenvalue weighted by Crippen LogP contribution is 2.30. The average Bonchev–Trinajstić information content (AvgIpc) is 3.04. The number of hydrogen-bond acceptors (Lipinski definition) is 7. The molecule has 0 aromatic heterocycles. The lowest BCUT2D eigenvalue weighted by atomic mass is 10.0. The van der Waals surface area contributed by atoms with Gasteiger partial charge in [0, 0.05) is 36.4 Å². The van der Waals surface area contributed by atoms with Crippen molar-refractivity contribution in [2.24, 2.45) is 5.92 Å². The Labute approximate surface area is 256 Å². The molecule has 0 fully saturated rings. The number of halogens is 1. The van der Waals surface area contributed by atoms with E-state index in [2.05, 4.69) is 10.0 Å². The molecule has 0 aliphatic carbocycles. The van der Waals surface area contributed by atoms with Crippen molar-refractivity contribution in [1.82, 2.24) is 9.80 Å². The Kier molecular flexibility index (Phi) is 10.3. The summed E-state index contributed by atoms with van der Waals surface area (Å²) < 4.78 is 53.3. The van der Waals surface area contributed by atoms with Crippen molar-refractivity contribution in [3.63, 3.8) is 0 Å². The van der Waals surface area contributed by atoms with E-state index in [0.29, 0.717) is 22.7 Å². The highest BCUT2D eigenvalue weighted by molar-refractivity contribution is 7.92. The number of carbonyl (C=O) groups is 2. The molecule has 3 aromatic carbocycles. The van der Waals surface area contributed by atoms with E-state index in [0.717, 1.165) is 24.3 Å². The Hall–Kier alpha value is -4.36. The molecule has 0 unspecified atom stereocenters. The molecule has 0 radical (unpaired) electrons.